The average molecular weight is 232 g/mol. The molecule has 2 heterocycles. The number of carbonyl (C=O) groups is 1. The molecule has 7 heteroatoms. The predicted octanol–water partition coefficient (Wildman–Crippen LogP) is 1.19. The molecule has 0 saturated carbocycles. The predicted molar refractivity (Wildman–Crippen MR) is 62.1 cm³/mol. The maximum absolute atomic E-state index is 12.0. The molecule has 0 radical (unpaired) electrons. The van der Waals surface area contributed by atoms with Gasteiger partial charge in [-0.2, -0.15) is 0 Å². The van der Waals surface area contributed by atoms with Crippen LogP contribution in [0.3, 0.4) is 0 Å². The Morgan fingerprint density at radius 3 is 3.18 bits per heavy atom. The first kappa shape index (κ1) is 11.2. The number of likely N-dealkylation sites (tertiary alicyclic amines) is 1. The van der Waals surface area contributed by atoms with Gasteiger partial charge in [0.05, 0.1) is 6.04 Å². The fourth-order valence-electron chi connectivity index (χ4n) is 1.83. The van der Waals surface area contributed by atoms with E-state index in [9.17, 15) is 4.79 Å². The summed E-state index contributed by atoms with van der Waals surface area (Å²) in [5.74, 6) is 0.148. The maximum atomic E-state index is 12.0. The first-order valence-corrected chi connectivity index (χ1v) is 5.26. The van der Waals surface area contributed by atoms with Crippen molar-refractivity contribution in [2.45, 2.75) is 12.5 Å². The lowest BCUT2D eigenvalue weighted by Gasteiger charge is -2.14. The SMILES string of the molecule is [N-]=[N+]=NC1CCN(C(=O)c2cccc(N)n2)C1. The molecule has 1 saturated heterocycles. The van der Waals surface area contributed by atoms with Gasteiger partial charge in [-0.1, -0.05) is 11.2 Å². The van der Waals surface area contributed by atoms with E-state index < -0.39 is 0 Å². The monoisotopic (exact) mass is 232 g/mol. The van der Waals surface area contributed by atoms with Crippen molar-refractivity contribution in [3.05, 3.63) is 34.3 Å². The van der Waals surface area contributed by atoms with Crippen LogP contribution in [0.25, 0.3) is 10.4 Å². The number of nitrogens with two attached hydrogens (primary N) is 1. The van der Waals surface area contributed by atoms with Crippen molar-refractivity contribution >= 4 is 11.7 Å². The molecule has 1 atom stereocenters. The first-order valence-electron chi connectivity index (χ1n) is 5.26. The van der Waals surface area contributed by atoms with Crippen molar-refractivity contribution in [2.75, 3.05) is 18.8 Å². The first-order chi connectivity index (χ1) is 8.20. The molecule has 2 N–H and O–H groups in total. The number of aromatic nitrogens is 1. The summed E-state index contributed by atoms with van der Waals surface area (Å²) in [6.07, 6.45) is 0.693. The zero-order chi connectivity index (χ0) is 12.3. The van der Waals surface area contributed by atoms with Gasteiger partial charge in [0.1, 0.15) is 11.5 Å². The minimum Gasteiger partial charge on any atom is -0.384 e. The molecule has 0 aliphatic carbocycles. The van der Waals surface area contributed by atoms with Gasteiger partial charge in [-0.25, -0.2) is 4.98 Å². The lowest BCUT2D eigenvalue weighted by molar-refractivity contribution is 0.0785. The highest BCUT2D eigenvalue weighted by atomic mass is 16.2. The lowest BCUT2D eigenvalue weighted by atomic mass is 10.3. The van der Waals surface area contributed by atoms with Crippen LogP contribution in [-0.4, -0.2) is 34.9 Å². The molecule has 17 heavy (non-hydrogen) atoms. The van der Waals surface area contributed by atoms with Gasteiger partial charge in [0.15, 0.2) is 0 Å². The van der Waals surface area contributed by atoms with E-state index in [4.69, 9.17) is 11.3 Å². The molecule has 1 aliphatic rings. The highest BCUT2D eigenvalue weighted by Crippen LogP contribution is 2.15. The van der Waals surface area contributed by atoms with Gasteiger partial charge in [0.2, 0.25) is 0 Å². The Hall–Kier alpha value is -2.27. The van der Waals surface area contributed by atoms with Crippen LogP contribution in [0.15, 0.2) is 23.3 Å². The second-order valence-corrected chi connectivity index (χ2v) is 3.85. The van der Waals surface area contributed by atoms with Crippen LogP contribution in [0.4, 0.5) is 5.82 Å². The summed E-state index contributed by atoms with van der Waals surface area (Å²) in [5.41, 5.74) is 14.2. The molecule has 1 aromatic heterocycles. The molecule has 1 aliphatic heterocycles. The van der Waals surface area contributed by atoms with Crippen molar-refractivity contribution in [2.24, 2.45) is 5.11 Å². The molecule has 0 bridgehead atoms. The van der Waals surface area contributed by atoms with Crippen LogP contribution in [0.1, 0.15) is 16.9 Å². The van der Waals surface area contributed by atoms with Gasteiger partial charge in [-0.3, -0.25) is 4.79 Å². The Balaban J connectivity index is 2.09. The number of carbonyl (C=O) groups excluding carboxylic acids is 1. The van der Waals surface area contributed by atoms with Gasteiger partial charge < -0.3 is 10.6 Å². The van der Waals surface area contributed by atoms with Crippen LogP contribution in [-0.2, 0) is 0 Å². The zero-order valence-corrected chi connectivity index (χ0v) is 9.15. The molecule has 1 fully saturated rings. The second-order valence-electron chi connectivity index (χ2n) is 3.85. The summed E-state index contributed by atoms with van der Waals surface area (Å²) >= 11 is 0. The summed E-state index contributed by atoms with van der Waals surface area (Å²) < 4.78 is 0. The van der Waals surface area contributed by atoms with Gasteiger partial charge in [-0.15, -0.1) is 0 Å². The summed E-state index contributed by atoms with van der Waals surface area (Å²) in [6, 6.07) is 4.81. The number of hydrogen-bond acceptors (Lipinski definition) is 4. The van der Waals surface area contributed by atoms with E-state index in [0.717, 1.165) is 0 Å². The molecule has 1 unspecified atom stereocenters. The molecule has 88 valence electrons. The van der Waals surface area contributed by atoms with E-state index in [1.807, 2.05) is 0 Å². The maximum Gasteiger partial charge on any atom is 0.272 e. The molecular formula is C10H12N6O. The van der Waals surface area contributed by atoms with E-state index in [2.05, 4.69) is 15.0 Å². The summed E-state index contributed by atoms with van der Waals surface area (Å²) in [4.78, 5) is 20.4. The van der Waals surface area contributed by atoms with Crippen LogP contribution in [0.5, 0.6) is 0 Å². The third-order valence-electron chi connectivity index (χ3n) is 2.66. The number of azide groups is 1. The Bertz CT molecular complexity index is 481. The Kier molecular flexibility index (Phi) is 3.11. The number of hydrogen-bond donors (Lipinski definition) is 1. The minimum atomic E-state index is -0.173. The summed E-state index contributed by atoms with van der Waals surface area (Å²) in [7, 11) is 0. The van der Waals surface area contributed by atoms with Crippen LogP contribution in [0, 0.1) is 0 Å². The quantitative estimate of drug-likeness (QED) is 0.470. The van der Waals surface area contributed by atoms with Gasteiger partial charge in [0, 0.05) is 18.0 Å². The summed E-state index contributed by atoms with van der Waals surface area (Å²) in [5, 5.41) is 3.61. The van der Waals surface area contributed by atoms with E-state index >= 15 is 0 Å². The van der Waals surface area contributed by atoms with E-state index in [0.29, 0.717) is 31.0 Å². The smallest absolute Gasteiger partial charge is 0.272 e. The van der Waals surface area contributed by atoms with Crippen molar-refractivity contribution in [3.63, 3.8) is 0 Å². The fraction of sp³-hybridized carbons (Fsp3) is 0.400. The number of nitrogen functional groups attached to an aromatic ring is 1. The molecule has 7 nitrogen and oxygen atoms in total. The normalized spacial score (nSPS) is 18.8. The highest BCUT2D eigenvalue weighted by Gasteiger charge is 2.26. The van der Waals surface area contributed by atoms with Gasteiger partial charge in [-0.05, 0) is 24.1 Å². The van der Waals surface area contributed by atoms with Crippen molar-refractivity contribution in [1.82, 2.24) is 9.88 Å². The topological polar surface area (TPSA) is 108 Å². The third-order valence-corrected chi connectivity index (χ3v) is 2.66. The van der Waals surface area contributed by atoms with Crippen molar-refractivity contribution in [3.8, 4) is 0 Å². The number of rotatable bonds is 2. The Morgan fingerprint density at radius 2 is 2.47 bits per heavy atom. The molecule has 1 amide bonds. The number of pyridine rings is 1. The van der Waals surface area contributed by atoms with Crippen LogP contribution >= 0.6 is 0 Å². The van der Waals surface area contributed by atoms with E-state index in [1.165, 1.54) is 0 Å². The third kappa shape index (κ3) is 2.46. The lowest BCUT2D eigenvalue weighted by Crippen LogP contribution is -2.30. The largest absolute Gasteiger partial charge is 0.384 e. The van der Waals surface area contributed by atoms with Crippen LogP contribution in [0.2, 0.25) is 0 Å². The molecule has 1 aromatic rings. The number of nitrogens with zero attached hydrogens (tertiary/aromatic N) is 5. The van der Waals surface area contributed by atoms with Crippen molar-refractivity contribution in [1.29, 1.82) is 0 Å². The second kappa shape index (κ2) is 4.71. The fourth-order valence-corrected chi connectivity index (χ4v) is 1.83. The van der Waals surface area contributed by atoms with Gasteiger partial charge >= 0.3 is 0 Å². The minimum absolute atomic E-state index is 0.134. The molecule has 0 aromatic carbocycles. The molecule has 2 rings (SSSR count). The zero-order valence-electron chi connectivity index (χ0n) is 9.15. The van der Waals surface area contributed by atoms with Crippen LogP contribution < -0.4 is 5.73 Å². The number of anilines is 1. The number of amides is 1. The Morgan fingerprint density at radius 1 is 1.65 bits per heavy atom. The Labute approximate surface area is 97.9 Å². The van der Waals surface area contributed by atoms with Crippen molar-refractivity contribution < 1.29 is 4.79 Å². The molecule has 0 spiro atoms. The summed E-state index contributed by atoms with van der Waals surface area (Å²) in [6.45, 7) is 1.03. The van der Waals surface area contributed by atoms with E-state index in [1.54, 1.807) is 23.1 Å². The average Bonchev–Trinajstić information content (AvgIpc) is 2.77. The van der Waals surface area contributed by atoms with Gasteiger partial charge in [0.25, 0.3) is 5.91 Å². The standard InChI is InChI=1S/C10H12N6O/c11-9-3-1-2-8(13-9)10(17)16-5-4-7(6-16)14-15-12/h1-3,7H,4-6H2,(H2,11,13). The highest BCUT2D eigenvalue weighted by molar-refractivity contribution is 5.92. The van der Waals surface area contributed by atoms with E-state index in [-0.39, 0.29) is 11.9 Å². The molecular weight excluding hydrogens is 220 g/mol.